The Morgan fingerprint density at radius 2 is 1.02 bits per heavy atom. The number of aryl methyl sites for hydroxylation is 1. The normalized spacial score (nSPS) is 12.2. The van der Waals surface area contributed by atoms with Crippen LogP contribution in [0.15, 0.2) is 12.1 Å². The first-order chi connectivity index (χ1) is 21.5. The van der Waals surface area contributed by atoms with Crippen molar-refractivity contribution in [2.45, 2.75) is 135 Å². The van der Waals surface area contributed by atoms with E-state index in [2.05, 4.69) is 20.8 Å². The predicted octanol–water partition coefficient (Wildman–Crippen LogP) is 9.45. The maximum Gasteiger partial charge on any atom is 0.339 e. The van der Waals surface area contributed by atoms with Gasteiger partial charge >= 0.3 is 23.9 Å². The maximum absolute atomic E-state index is 14.9. The molecule has 0 saturated heterocycles. The summed E-state index contributed by atoms with van der Waals surface area (Å²) < 4.78 is 20.3. The smallest absolute Gasteiger partial charge is 0.339 e. The van der Waals surface area contributed by atoms with Gasteiger partial charge in [-0.25, -0.2) is 23.6 Å². The van der Waals surface area contributed by atoms with Gasteiger partial charge in [-0.1, -0.05) is 76.2 Å². The van der Waals surface area contributed by atoms with Crippen molar-refractivity contribution in [3.8, 4) is 0 Å². The lowest BCUT2D eigenvalue weighted by Crippen LogP contribution is -2.27. The van der Waals surface area contributed by atoms with Crippen LogP contribution in [0.4, 0.5) is 4.39 Å². The average Bonchev–Trinajstić information content (AvgIpc) is 2.86. The summed E-state index contributed by atoms with van der Waals surface area (Å²) in [6.45, 7) is 27.3. The molecule has 0 fully saturated rings. The maximum atomic E-state index is 14.9. The molecular weight excluding hydrogens is 615 g/mol. The second-order valence-electron chi connectivity index (χ2n) is 17.0. The van der Waals surface area contributed by atoms with Crippen LogP contribution in [0.5, 0.6) is 0 Å². The molecule has 3 N–H and O–H groups in total. The standard InChI is InChI=1S/C21H32O4.C18H25FO4/c1-9-13-11-15(19(24)25-21(6,7)8)17(18(22)23)16(14(13)10-2)12-20(3,4)5;1-17(2,3)8-10-7-11(15(20)21)13(16(22)23)14(19)12(10)9-18(4,5)6/h11H,9-10,12H2,1-8H3,(H,22,23);7H,8-9H2,1-6H3,(H,20,21)(H,22,23). The molecule has 0 aliphatic carbocycles. The molecule has 9 heteroatoms. The number of esters is 1. The molecular formula is C39H57FO8. The van der Waals surface area contributed by atoms with Crippen molar-refractivity contribution in [2.75, 3.05) is 0 Å². The first kappa shape index (κ1) is 42.3. The number of aromatic carboxylic acids is 3. The third-order valence-corrected chi connectivity index (χ3v) is 7.25. The Morgan fingerprint density at radius 3 is 1.38 bits per heavy atom. The first-order valence-electron chi connectivity index (χ1n) is 16.5. The van der Waals surface area contributed by atoms with E-state index in [1.807, 2.05) is 55.4 Å². The number of hydrogen-bond acceptors (Lipinski definition) is 5. The monoisotopic (exact) mass is 672 g/mol. The lowest BCUT2D eigenvalue weighted by atomic mass is 9.79. The number of ether oxygens (including phenoxy) is 1. The van der Waals surface area contributed by atoms with Crippen molar-refractivity contribution in [1.29, 1.82) is 0 Å². The van der Waals surface area contributed by atoms with Crippen LogP contribution in [0.2, 0.25) is 0 Å². The number of carboxylic acid groups (broad SMARTS) is 3. The summed E-state index contributed by atoms with van der Waals surface area (Å²) in [5.74, 6) is -5.56. The van der Waals surface area contributed by atoms with Crippen LogP contribution in [-0.2, 0) is 36.8 Å². The molecule has 0 amide bonds. The second-order valence-corrected chi connectivity index (χ2v) is 17.0. The van der Waals surface area contributed by atoms with Crippen molar-refractivity contribution < 1.29 is 43.6 Å². The van der Waals surface area contributed by atoms with E-state index < -0.39 is 46.4 Å². The molecule has 0 aromatic heterocycles. The molecule has 0 spiro atoms. The number of carbonyl (C=O) groups is 4. The summed E-state index contributed by atoms with van der Waals surface area (Å²) >= 11 is 0. The van der Waals surface area contributed by atoms with E-state index in [1.54, 1.807) is 26.8 Å². The number of halogens is 1. The van der Waals surface area contributed by atoms with Crippen LogP contribution in [-0.4, -0.2) is 44.8 Å². The van der Waals surface area contributed by atoms with Crippen molar-refractivity contribution in [3.05, 3.63) is 68.0 Å². The molecule has 2 rings (SSSR count). The second kappa shape index (κ2) is 15.6. The zero-order valence-corrected chi connectivity index (χ0v) is 31.5. The number of hydrogen-bond donors (Lipinski definition) is 3. The topological polar surface area (TPSA) is 138 Å². The summed E-state index contributed by atoms with van der Waals surface area (Å²) in [6.07, 6.45) is 2.89. The van der Waals surface area contributed by atoms with Gasteiger partial charge in [-0.3, -0.25) is 0 Å². The van der Waals surface area contributed by atoms with Gasteiger partial charge in [-0.15, -0.1) is 0 Å². The van der Waals surface area contributed by atoms with Crippen LogP contribution in [0.1, 0.15) is 166 Å². The Labute approximate surface area is 286 Å². The van der Waals surface area contributed by atoms with Gasteiger partial charge in [0.1, 0.15) is 17.0 Å². The molecule has 8 nitrogen and oxygen atoms in total. The van der Waals surface area contributed by atoms with Gasteiger partial charge in [0.05, 0.1) is 16.7 Å². The number of rotatable bonds is 9. The van der Waals surface area contributed by atoms with E-state index in [9.17, 15) is 38.9 Å². The van der Waals surface area contributed by atoms with E-state index in [-0.39, 0.29) is 27.4 Å². The highest BCUT2D eigenvalue weighted by atomic mass is 19.1. The molecule has 0 aliphatic heterocycles. The quantitative estimate of drug-likeness (QED) is 0.224. The van der Waals surface area contributed by atoms with Gasteiger partial charge in [0.25, 0.3) is 0 Å². The van der Waals surface area contributed by atoms with E-state index in [4.69, 9.17) is 4.74 Å². The molecule has 0 heterocycles. The van der Waals surface area contributed by atoms with Gasteiger partial charge in [0.15, 0.2) is 0 Å². The molecule has 0 aliphatic rings. The van der Waals surface area contributed by atoms with Crippen molar-refractivity contribution >= 4 is 23.9 Å². The Balaban J connectivity index is 0.000000482. The van der Waals surface area contributed by atoms with Crippen molar-refractivity contribution in [2.24, 2.45) is 16.2 Å². The van der Waals surface area contributed by atoms with E-state index >= 15 is 0 Å². The molecule has 268 valence electrons. The fourth-order valence-corrected chi connectivity index (χ4v) is 5.63. The zero-order chi connectivity index (χ0) is 37.7. The largest absolute Gasteiger partial charge is 0.478 e. The Morgan fingerprint density at radius 1 is 0.583 bits per heavy atom. The van der Waals surface area contributed by atoms with Crippen LogP contribution in [0, 0.1) is 22.1 Å². The summed E-state index contributed by atoms with van der Waals surface area (Å²) in [5, 5.41) is 28.4. The molecule has 2 aromatic rings. The van der Waals surface area contributed by atoms with E-state index in [0.717, 1.165) is 29.5 Å². The van der Waals surface area contributed by atoms with Crippen LogP contribution >= 0.6 is 0 Å². The zero-order valence-electron chi connectivity index (χ0n) is 31.5. The number of carbonyl (C=O) groups excluding carboxylic acids is 1. The molecule has 0 saturated carbocycles. The average molecular weight is 673 g/mol. The fourth-order valence-electron chi connectivity index (χ4n) is 5.63. The molecule has 0 unspecified atom stereocenters. The Kier molecular flexibility index (Phi) is 13.8. The SMILES string of the molecule is CC(C)(C)Cc1cc(C(=O)O)c(C(=O)O)c(F)c1CC(C)(C)C.CCc1cc(C(=O)OC(C)(C)C)c(C(=O)O)c(CC(C)(C)C)c1CC. The molecule has 2 aromatic carbocycles. The number of benzene rings is 2. The van der Waals surface area contributed by atoms with Crippen LogP contribution < -0.4 is 0 Å². The number of carboxylic acids is 3. The summed E-state index contributed by atoms with van der Waals surface area (Å²) in [6, 6.07) is 3.03. The highest BCUT2D eigenvalue weighted by molar-refractivity contribution is 6.04. The van der Waals surface area contributed by atoms with Crippen molar-refractivity contribution in [3.63, 3.8) is 0 Å². The molecule has 48 heavy (non-hydrogen) atoms. The minimum absolute atomic E-state index is 0.0916. The van der Waals surface area contributed by atoms with Gasteiger partial charge < -0.3 is 20.1 Å². The van der Waals surface area contributed by atoms with E-state index in [1.165, 1.54) is 6.07 Å². The lowest BCUT2D eigenvalue weighted by Gasteiger charge is -2.26. The van der Waals surface area contributed by atoms with Crippen molar-refractivity contribution in [1.82, 2.24) is 0 Å². The molecule has 0 radical (unpaired) electrons. The Hall–Kier alpha value is -3.75. The summed E-state index contributed by atoms with van der Waals surface area (Å²) in [5.41, 5.74) is 1.50. The van der Waals surface area contributed by atoms with Gasteiger partial charge in [-0.2, -0.15) is 0 Å². The minimum Gasteiger partial charge on any atom is -0.478 e. The Bertz CT molecular complexity index is 1520. The fraction of sp³-hybridized carbons (Fsp3) is 0.590. The molecule has 0 atom stereocenters. The third kappa shape index (κ3) is 12.4. The third-order valence-electron chi connectivity index (χ3n) is 7.25. The van der Waals surface area contributed by atoms with Gasteiger partial charge in [-0.05, 0) is 109 Å². The highest BCUT2D eigenvalue weighted by Gasteiger charge is 2.31. The highest BCUT2D eigenvalue weighted by Crippen LogP contribution is 2.34. The van der Waals surface area contributed by atoms with Crippen LogP contribution in [0.3, 0.4) is 0 Å². The van der Waals surface area contributed by atoms with E-state index in [0.29, 0.717) is 30.4 Å². The first-order valence-corrected chi connectivity index (χ1v) is 16.5. The lowest BCUT2D eigenvalue weighted by molar-refractivity contribution is 0.00649. The molecule has 0 bridgehead atoms. The summed E-state index contributed by atoms with van der Waals surface area (Å²) in [4.78, 5) is 47.5. The van der Waals surface area contributed by atoms with Gasteiger partial charge in [0, 0.05) is 0 Å². The predicted molar refractivity (Wildman–Crippen MR) is 187 cm³/mol. The van der Waals surface area contributed by atoms with Gasteiger partial charge in [0.2, 0.25) is 0 Å². The summed E-state index contributed by atoms with van der Waals surface area (Å²) in [7, 11) is 0. The van der Waals surface area contributed by atoms with Crippen LogP contribution in [0.25, 0.3) is 0 Å². The minimum atomic E-state index is -1.56.